The van der Waals surface area contributed by atoms with Gasteiger partial charge in [0.25, 0.3) is 5.91 Å². The minimum absolute atomic E-state index is 0.0989. The van der Waals surface area contributed by atoms with Crippen LogP contribution in [-0.2, 0) is 4.79 Å². The van der Waals surface area contributed by atoms with E-state index >= 15 is 0 Å². The number of carbonyl (C=O) groups is 2. The van der Waals surface area contributed by atoms with Crippen molar-refractivity contribution in [2.24, 2.45) is 5.92 Å². The Bertz CT molecular complexity index is 838. The summed E-state index contributed by atoms with van der Waals surface area (Å²) in [4.78, 5) is 22.7. The number of nitrogens with one attached hydrogen (secondary N) is 1. The van der Waals surface area contributed by atoms with Crippen LogP contribution in [0.3, 0.4) is 0 Å². The zero-order chi connectivity index (χ0) is 21.4. The third-order valence-corrected chi connectivity index (χ3v) is 4.48. The van der Waals surface area contributed by atoms with Crippen LogP contribution in [0.1, 0.15) is 61.2 Å². The van der Waals surface area contributed by atoms with Gasteiger partial charge in [0.05, 0.1) is 6.42 Å². The number of carboxylic acids is 1. The fourth-order valence-corrected chi connectivity index (χ4v) is 2.90. The average molecular weight is 395 g/mol. The van der Waals surface area contributed by atoms with Gasteiger partial charge in [-0.15, -0.1) is 0 Å². The second-order valence-corrected chi connectivity index (χ2v) is 7.56. The summed E-state index contributed by atoms with van der Waals surface area (Å²) in [6.45, 7) is 10.3. The fraction of sp³-hybridized carbons (Fsp3) is 0.333. The van der Waals surface area contributed by atoms with Gasteiger partial charge < -0.3 is 15.2 Å². The SMILES string of the molecule is C=C(C)c1ccc(OC(CC(C)C)c2ccc(C(=O)NCCC(=O)O)cc2)cc1. The zero-order valence-corrected chi connectivity index (χ0v) is 17.3. The Balaban J connectivity index is 2.10. The van der Waals surface area contributed by atoms with Crippen LogP contribution in [0.25, 0.3) is 5.57 Å². The highest BCUT2D eigenvalue weighted by atomic mass is 16.5. The first-order valence-corrected chi connectivity index (χ1v) is 9.78. The molecule has 0 radical (unpaired) electrons. The van der Waals surface area contributed by atoms with Crippen molar-refractivity contribution in [2.75, 3.05) is 6.54 Å². The Morgan fingerprint density at radius 1 is 1.03 bits per heavy atom. The maximum atomic E-state index is 12.1. The number of carboxylic acid groups (broad SMARTS) is 1. The number of hydrogen-bond donors (Lipinski definition) is 2. The van der Waals surface area contributed by atoms with Gasteiger partial charge in [0.2, 0.25) is 0 Å². The van der Waals surface area contributed by atoms with Crippen molar-refractivity contribution in [2.45, 2.75) is 39.7 Å². The number of aliphatic carboxylic acids is 1. The summed E-state index contributed by atoms with van der Waals surface area (Å²) in [6.07, 6.45) is 0.611. The Kier molecular flexibility index (Phi) is 8.01. The monoisotopic (exact) mass is 395 g/mol. The molecule has 5 heteroatoms. The molecule has 0 heterocycles. The van der Waals surface area contributed by atoms with Gasteiger partial charge in [-0.1, -0.05) is 50.3 Å². The van der Waals surface area contributed by atoms with Crippen LogP contribution < -0.4 is 10.1 Å². The number of carbonyl (C=O) groups excluding carboxylic acids is 1. The molecule has 0 saturated carbocycles. The van der Waals surface area contributed by atoms with E-state index in [9.17, 15) is 9.59 Å². The fourth-order valence-electron chi connectivity index (χ4n) is 2.90. The lowest BCUT2D eigenvalue weighted by molar-refractivity contribution is -0.136. The standard InChI is InChI=1S/C24H29NO4/c1-16(2)15-22(29-21-11-9-18(10-12-21)17(3)4)19-5-7-20(8-6-19)24(28)25-14-13-23(26)27/h5-12,16,22H,3,13-15H2,1-2,4H3,(H,25,28)(H,26,27). The van der Waals surface area contributed by atoms with Crippen LogP contribution in [0.5, 0.6) is 5.75 Å². The molecule has 2 aromatic carbocycles. The summed E-state index contributed by atoms with van der Waals surface area (Å²) in [5.41, 5.74) is 3.57. The normalized spacial score (nSPS) is 11.7. The third-order valence-electron chi connectivity index (χ3n) is 4.48. The minimum Gasteiger partial charge on any atom is -0.486 e. The molecule has 0 aliphatic rings. The van der Waals surface area contributed by atoms with Crippen LogP contribution >= 0.6 is 0 Å². The minimum atomic E-state index is -0.939. The van der Waals surface area contributed by atoms with E-state index in [-0.39, 0.29) is 25.0 Å². The van der Waals surface area contributed by atoms with E-state index in [1.165, 1.54) is 0 Å². The molecule has 0 saturated heterocycles. The molecule has 5 nitrogen and oxygen atoms in total. The summed E-state index contributed by atoms with van der Waals surface area (Å²) < 4.78 is 6.24. The summed E-state index contributed by atoms with van der Waals surface area (Å²) in [6, 6.07) is 15.1. The number of rotatable bonds is 10. The molecule has 0 aromatic heterocycles. The smallest absolute Gasteiger partial charge is 0.305 e. The van der Waals surface area contributed by atoms with Crippen LogP contribution in [-0.4, -0.2) is 23.5 Å². The first-order valence-electron chi connectivity index (χ1n) is 9.78. The lowest BCUT2D eigenvalue weighted by Gasteiger charge is -2.22. The number of ether oxygens (including phenoxy) is 1. The van der Waals surface area contributed by atoms with Crippen molar-refractivity contribution in [1.29, 1.82) is 0 Å². The Hall–Kier alpha value is -3.08. The average Bonchev–Trinajstić information content (AvgIpc) is 2.67. The molecule has 0 aliphatic heterocycles. The van der Waals surface area contributed by atoms with Crippen LogP contribution in [0.15, 0.2) is 55.1 Å². The lowest BCUT2D eigenvalue weighted by Crippen LogP contribution is -2.26. The van der Waals surface area contributed by atoms with Gasteiger partial charge in [0, 0.05) is 12.1 Å². The second-order valence-electron chi connectivity index (χ2n) is 7.56. The van der Waals surface area contributed by atoms with E-state index in [4.69, 9.17) is 9.84 Å². The van der Waals surface area contributed by atoms with E-state index < -0.39 is 5.97 Å². The predicted octanol–water partition coefficient (Wildman–Crippen LogP) is 5.09. The Morgan fingerprint density at radius 3 is 2.14 bits per heavy atom. The molecule has 1 amide bonds. The molecule has 0 aliphatic carbocycles. The number of benzene rings is 2. The highest BCUT2D eigenvalue weighted by Crippen LogP contribution is 2.29. The molecule has 1 unspecified atom stereocenters. The van der Waals surface area contributed by atoms with Crippen molar-refractivity contribution in [1.82, 2.24) is 5.32 Å². The molecule has 29 heavy (non-hydrogen) atoms. The van der Waals surface area contributed by atoms with Crippen LogP contribution in [0, 0.1) is 5.92 Å². The maximum absolute atomic E-state index is 12.1. The highest BCUT2D eigenvalue weighted by molar-refractivity contribution is 5.94. The zero-order valence-electron chi connectivity index (χ0n) is 17.3. The van der Waals surface area contributed by atoms with Crippen molar-refractivity contribution < 1.29 is 19.4 Å². The molecule has 1 atom stereocenters. The Morgan fingerprint density at radius 2 is 1.62 bits per heavy atom. The molecule has 2 N–H and O–H groups in total. The predicted molar refractivity (Wildman–Crippen MR) is 115 cm³/mol. The molecule has 2 aromatic rings. The van der Waals surface area contributed by atoms with Gasteiger partial charge in [0.1, 0.15) is 11.9 Å². The van der Waals surface area contributed by atoms with Crippen LogP contribution in [0.2, 0.25) is 0 Å². The van der Waals surface area contributed by atoms with E-state index in [2.05, 4.69) is 25.7 Å². The van der Waals surface area contributed by atoms with Gasteiger partial charge in [0.15, 0.2) is 0 Å². The van der Waals surface area contributed by atoms with Gasteiger partial charge >= 0.3 is 5.97 Å². The molecular weight excluding hydrogens is 366 g/mol. The van der Waals surface area contributed by atoms with Gasteiger partial charge in [-0.3, -0.25) is 9.59 Å². The van der Waals surface area contributed by atoms with Crippen molar-refractivity contribution >= 4 is 17.4 Å². The van der Waals surface area contributed by atoms with Gasteiger partial charge in [-0.05, 0) is 54.7 Å². The largest absolute Gasteiger partial charge is 0.486 e. The summed E-state index contributed by atoms with van der Waals surface area (Å²) in [5, 5.41) is 11.3. The quantitative estimate of drug-likeness (QED) is 0.587. The third kappa shape index (κ3) is 7.11. The highest BCUT2D eigenvalue weighted by Gasteiger charge is 2.16. The van der Waals surface area contributed by atoms with E-state index in [1.54, 1.807) is 12.1 Å². The molecule has 0 bridgehead atoms. The summed E-state index contributed by atoms with van der Waals surface area (Å²) in [5.74, 6) is 0.00458. The van der Waals surface area contributed by atoms with Crippen LogP contribution in [0.4, 0.5) is 0 Å². The molecule has 2 rings (SSSR count). The van der Waals surface area contributed by atoms with Gasteiger partial charge in [-0.2, -0.15) is 0 Å². The summed E-state index contributed by atoms with van der Waals surface area (Å²) >= 11 is 0. The number of amides is 1. The van der Waals surface area contributed by atoms with E-state index in [1.807, 2.05) is 43.3 Å². The topological polar surface area (TPSA) is 75.6 Å². The molecule has 0 fully saturated rings. The first-order chi connectivity index (χ1) is 13.8. The second kappa shape index (κ2) is 10.5. The summed E-state index contributed by atoms with van der Waals surface area (Å²) in [7, 11) is 0. The lowest BCUT2D eigenvalue weighted by atomic mass is 9.98. The number of hydrogen-bond acceptors (Lipinski definition) is 3. The van der Waals surface area contributed by atoms with Crippen molar-refractivity contribution in [3.05, 3.63) is 71.8 Å². The van der Waals surface area contributed by atoms with Crippen molar-refractivity contribution in [3.8, 4) is 5.75 Å². The molecular formula is C24H29NO4. The van der Waals surface area contributed by atoms with Crippen molar-refractivity contribution in [3.63, 3.8) is 0 Å². The van der Waals surface area contributed by atoms with Gasteiger partial charge in [-0.25, -0.2) is 0 Å². The Labute approximate surface area is 172 Å². The molecule has 154 valence electrons. The molecule has 0 spiro atoms. The maximum Gasteiger partial charge on any atom is 0.305 e. The first kappa shape index (κ1) is 22.2. The van der Waals surface area contributed by atoms with E-state index in [0.717, 1.165) is 28.9 Å². The van der Waals surface area contributed by atoms with E-state index in [0.29, 0.717) is 11.5 Å². The number of allylic oxidation sites excluding steroid dienone is 1.